The van der Waals surface area contributed by atoms with E-state index in [4.69, 9.17) is 9.57 Å². The van der Waals surface area contributed by atoms with Gasteiger partial charge in [-0.1, -0.05) is 72.8 Å². The van der Waals surface area contributed by atoms with Gasteiger partial charge in [-0.3, -0.25) is 9.63 Å². The van der Waals surface area contributed by atoms with Gasteiger partial charge in [-0.2, -0.15) is 4.31 Å². The lowest BCUT2D eigenvalue weighted by Gasteiger charge is -2.36. The highest BCUT2D eigenvalue weighted by molar-refractivity contribution is 7.89. The van der Waals surface area contributed by atoms with Crippen molar-refractivity contribution in [2.45, 2.75) is 23.5 Å². The lowest BCUT2D eigenvalue weighted by Crippen LogP contribution is -2.53. The van der Waals surface area contributed by atoms with Crippen LogP contribution in [0.15, 0.2) is 102 Å². The molecule has 1 N–H and O–H groups in total. The van der Waals surface area contributed by atoms with Crippen LogP contribution in [0.1, 0.15) is 17.0 Å². The fraction of sp³-hybridized carbons (Fsp3) is 0.192. The van der Waals surface area contributed by atoms with Crippen molar-refractivity contribution in [2.24, 2.45) is 0 Å². The quantitative estimate of drug-likeness (QED) is 0.395. The van der Waals surface area contributed by atoms with E-state index in [9.17, 15) is 13.2 Å². The summed E-state index contributed by atoms with van der Waals surface area (Å²) < 4.78 is 33.6. The second kappa shape index (κ2) is 10.6. The maximum Gasteiger partial charge on any atom is 0.262 e. The van der Waals surface area contributed by atoms with Crippen molar-refractivity contribution in [3.05, 3.63) is 108 Å². The minimum atomic E-state index is -3.99. The van der Waals surface area contributed by atoms with Crippen LogP contribution in [-0.4, -0.2) is 38.3 Å². The highest BCUT2D eigenvalue weighted by Gasteiger charge is 2.42. The molecule has 7 nitrogen and oxygen atoms in total. The summed E-state index contributed by atoms with van der Waals surface area (Å²) in [6, 6.07) is 23.8. The molecule has 8 heteroatoms. The number of hydroxylamine groups is 1. The van der Waals surface area contributed by atoms with E-state index in [0.717, 1.165) is 11.1 Å². The number of carbonyl (C=O) groups is 1. The van der Waals surface area contributed by atoms with Crippen molar-refractivity contribution in [3.8, 4) is 5.75 Å². The molecule has 1 amide bonds. The normalized spacial score (nSPS) is 18.4. The minimum absolute atomic E-state index is 0.0640. The van der Waals surface area contributed by atoms with E-state index in [1.165, 1.54) is 23.5 Å². The van der Waals surface area contributed by atoms with E-state index in [-0.39, 0.29) is 18.0 Å². The van der Waals surface area contributed by atoms with Crippen molar-refractivity contribution in [1.82, 2.24) is 9.79 Å². The molecular weight excluding hydrogens is 452 g/mol. The summed E-state index contributed by atoms with van der Waals surface area (Å²) in [6.07, 6.45) is 3.64. The summed E-state index contributed by atoms with van der Waals surface area (Å²) in [5.74, 6) is -0.474. The monoisotopic (exact) mass is 478 g/mol. The Labute approximate surface area is 199 Å². The van der Waals surface area contributed by atoms with Gasteiger partial charge in [-0.25, -0.2) is 13.9 Å². The molecule has 0 aliphatic carbocycles. The number of sulfonamides is 1. The van der Waals surface area contributed by atoms with Crippen LogP contribution in [-0.2, 0) is 26.3 Å². The number of amides is 1. The fourth-order valence-corrected chi connectivity index (χ4v) is 5.49. The Hall–Kier alpha value is -3.46. The molecule has 3 aromatic carbocycles. The van der Waals surface area contributed by atoms with E-state index < -0.39 is 27.9 Å². The third kappa shape index (κ3) is 5.20. The molecule has 2 atom stereocenters. The summed E-state index contributed by atoms with van der Waals surface area (Å²) >= 11 is 0. The van der Waals surface area contributed by atoms with E-state index in [0.29, 0.717) is 5.75 Å². The van der Waals surface area contributed by atoms with Gasteiger partial charge in [-0.15, -0.1) is 0 Å². The molecule has 0 bridgehead atoms. The molecule has 0 radical (unpaired) electrons. The standard InChI is InChI=1S/C26H26N2O5S/c1-32-22-14-16-23(17-15-22)34(30,31)28-18-8-13-24(21-11-6-3-7-12-21)25(28)26(29)27-33-19-20-9-4-2-5-10-20/h2-17,24-25H,18-19H2,1H3,(H,27,29)/t24-,25-/m1/s1. The molecule has 1 heterocycles. The molecule has 0 fully saturated rings. The first kappa shape index (κ1) is 23.7. The molecule has 176 valence electrons. The molecular formula is C26H26N2O5S. The zero-order valence-electron chi connectivity index (χ0n) is 18.7. The number of rotatable bonds is 8. The summed E-state index contributed by atoms with van der Waals surface area (Å²) in [4.78, 5) is 18.9. The Bertz CT molecular complexity index is 1230. The highest BCUT2D eigenvalue weighted by Crippen LogP contribution is 2.33. The van der Waals surface area contributed by atoms with Crippen LogP contribution in [0.2, 0.25) is 0 Å². The smallest absolute Gasteiger partial charge is 0.262 e. The molecule has 3 aromatic rings. The fourth-order valence-electron chi connectivity index (χ4n) is 3.93. The topological polar surface area (TPSA) is 84.9 Å². The predicted molar refractivity (Wildman–Crippen MR) is 128 cm³/mol. The Morgan fingerprint density at radius 2 is 1.62 bits per heavy atom. The van der Waals surface area contributed by atoms with Gasteiger partial charge in [0.1, 0.15) is 11.8 Å². The lowest BCUT2D eigenvalue weighted by molar-refractivity contribution is -0.139. The number of benzene rings is 3. The van der Waals surface area contributed by atoms with Crippen LogP contribution < -0.4 is 10.2 Å². The van der Waals surface area contributed by atoms with Gasteiger partial charge in [0.2, 0.25) is 10.0 Å². The van der Waals surface area contributed by atoms with Gasteiger partial charge in [0, 0.05) is 12.5 Å². The van der Waals surface area contributed by atoms with Crippen LogP contribution in [0, 0.1) is 0 Å². The van der Waals surface area contributed by atoms with Crippen LogP contribution in [0.4, 0.5) is 0 Å². The van der Waals surface area contributed by atoms with Gasteiger partial charge in [0.15, 0.2) is 0 Å². The first-order valence-corrected chi connectivity index (χ1v) is 12.3. The van der Waals surface area contributed by atoms with Crippen LogP contribution in [0.5, 0.6) is 5.75 Å². The Balaban J connectivity index is 1.63. The summed E-state index contributed by atoms with van der Waals surface area (Å²) in [5.41, 5.74) is 4.19. The number of hydrogen-bond donors (Lipinski definition) is 1. The molecule has 1 aliphatic heterocycles. The number of hydrogen-bond acceptors (Lipinski definition) is 5. The molecule has 0 saturated heterocycles. The van der Waals surface area contributed by atoms with Gasteiger partial charge < -0.3 is 4.74 Å². The van der Waals surface area contributed by atoms with Crippen LogP contribution in [0.3, 0.4) is 0 Å². The molecule has 0 spiro atoms. The minimum Gasteiger partial charge on any atom is -0.497 e. The third-order valence-electron chi connectivity index (χ3n) is 5.65. The number of nitrogens with zero attached hydrogens (tertiary/aromatic N) is 1. The second-order valence-electron chi connectivity index (χ2n) is 7.80. The van der Waals surface area contributed by atoms with Crippen molar-refractivity contribution in [1.29, 1.82) is 0 Å². The lowest BCUT2D eigenvalue weighted by atomic mass is 9.88. The summed E-state index contributed by atoms with van der Waals surface area (Å²) in [6.45, 7) is 0.227. The van der Waals surface area contributed by atoms with Gasteiger partial charge in [0.25, 0.3) is 5.91 Å². The average Bonchev–Trinajstić information content (AvgIpc) is 2.89. The van der Waals surface area contributed by atoms with Gasteiger partial charge in [0.05, 0.1) is 18.6 Å². The molecule has 0 aromatic heterocycles. The van der Waals surface area contributed by atoms with E-state index in [1.807, 2.05) is 66.7 Å². The molecule has 1 aliphatic rings. The Morgan fingerprint density at radius 1 is 0.971 bits per heavy atom. The SMILES string of the molecule is COc1ccc(S(=O)(=O)N2CC=C[C@H](c3ccccc3)[C@@H]2C(=O)NOCc2ccccc2)cc1. The summed E-state index contributed by atoms with van der Waals surface area (Å²) in [7, 11) is -2.48. The number of ether oxygens (including phenoxy) is 1. The van der Waals surface area contributed by atoms with Gasteiger partial charge >= 0.3 is 0 Å². The van der Waals surface area contributed by atoms with Gasteiger partial charge in [-0.05, 0) is 35.4 Å². The zero-order valence-corrected chi connectivity index (χ0v) is 19.5. The van der Waals surface area contributed by atoms with Crippen molar-refractivity contribution >= 4 is 15.9 Å². The molecule has 0 unspecified atom stereocenters. The zero-order chi connectivity index (χ0) is 24.0. The first-order chi connectivity index (χ1) is 16.5. The number of nitrogens with one attached hydrogen (secondary N) is 1. The summed E-state index contributed by atoms with van der Waals surface area (Å²) in [5, 5.41) is 0. The Morgan fingerprint density at radius 3 is 2.26 bits per heavy atom. The maximum absolute atomic E-state index is 13.6. The largest absolute Gasteiger partial charge is 0.497 e. The van der Waals surface area contributed by atoms with E-state index in [2.05, 4.69) is 5.48 Å². The van der Waals surface area contributed by atoms with Crippen molar-refractivity contribution < 1.29 is 22.8 Å². The van der Waals surface area contributed by atoms with E-state index in [1.54, 1.807) is 18.2 Å². The van der Waals surface area contributed by atoms with Crippen LogP contribution >= 0.6 is 0 Å². The highest BCUT2D eigenvalue weighted by atomic mass is 32.2. The third-order valence-corrected chi connectivity index (χ3v) is 7.51. The number of carbonyl (C=O) groups excluding carboxylic acids is 1. The van der Waals surface area contributed by atoms with E-state index >= 15 is 0 Å². The molecule has 34 heavy (non-hydrogen) atoms. The van der Waals surface area contributed by atoms with Crippen molar-refractivity contribution in [3.63, 3.8) is 0 Å². The van der Waals surface area contributed by atoms with Crippen LogP contribution in [0.25, 0.3) is 0 Å². The average molecular weight is 479 g/mol. The van der Waals surface area contributed by atoms with Crippen molar-refractivity contribution in [2.75, 3.05) is 13.7 Å². The maximum atomic E-state index is 13.6. The number of methoxy groups -OCH3 is 1. The first-order valence-electron chi connectivity index (χ1n) is 10.8. The Kier molecular flexibility index (Phi) is 7.42. The molecule has 0 saturated carbocycles. The second-order valence-corrected chi connectivity index (χ2v) is 9.69. The molecule has 4 rings (SSSR count). The predicted octanol–water partition coefficient (Wildman–Crippen LogP) is 3.66.